The number of methoxy groups -OCH3 is 1. The smallest absolute Gasteiger partial charge is 0.117 e. The first-order chi connectivity index (χ1) is 8.29. The molecule has 0 unspecified atom stereocenters. The van der Waals surface area contributed by atoms with Crippen molar-refractivity contribution in [3.63, 3.8) is 0 Å². The highest BCUT2D eigenvalue weighted by molar-refractivity contribution is 5.25. The van der Waals surface area contributed by atoms with Gasteiger partial charge in [-0.05, 0) is 56.1 Å². The average molecular weight is 236 g/mol. The third-order valence-electron chi connectivity index (χ3n) is 4.10. The van der Waals surface area contributed by atoms with E-state index < -0.39 is 0 Å². The molecule has 1 spiro atoms. The van der Waals surface area contributed by atoms with Crippen LogP contribution in [0.2, 0.25) is 0 Å². The SMILES string of the molecule is C/C=C\C(OC)=C1/CCC2(CCCC2)C1.CC. The molecule has 0 aromatic heterocycles. The summed E-state index contributed by atoms with van der Waals surface area (Å²) in [5, 5.41) is 0. The number of allylic oxidation sites excluding steroid dienone is 3. The highest BCUT2D eigenvalue weighted by atomic mass is 16.5. The summed E-state index contributed by atoms with van der Waals surface area (Å²) >= 11 is 0. The second-order valence-electron chi connectivity index (χ2n) is 5.06. The Morgan fingerprint density at radius 3 is 2.35 bits per heavy atom. The van der Waals surface area contributed by atoms with E-state index in [0.717, 1.165) is 5.76 Å². The van der Waals surface area contributed by atoms with E-state index in [9.17, 15) is 0 Å². The molecule has 0 aromatic rings. The van der Waals surface area contributed by atoms with Gasteiger partial charge in [0.15, 0.2) is 0 Å². The minimum absolute atomic E-state index is 0.667. The van der Waals surface area contributed by atoms with Crippen molar-refractivity contribution in [2.75, 3.05) is 7.11 Å². The number of ether oxygens (including phenoxy) is 1. The van der Waals surface area contributed by atoms with E-state index in [1.807, 2.05) is 13.8 Å². The van der Waals surface area contributed by atoms with Crippen molar-refractivity contribution in [1.82, 2.24) is 0 Å². The van der Waals surface area contributed by atoms with Crippen LogP contribution in [-0.2, 0) is 4.74 Å². The quantitative estimate of drug-likeness (QED) is 0.596. The Kier molecular flexibility index (Phi) is 5.80. The molecule has 0 N–H and O–H groups in total. The van der Waals surface area contributed by atoms with Crippen LogP contribution < -0.4 is 0 Å². The Labute approximate surface area is 107 Å². The zero-order valence-electron chi connectivity index (χ0n) is 12.0. The Balaban J connectivity index is 0.000000686. The molecule has 0 heterocycles. The van der Waals surface area contributed by atoms with Crippen LogP contribution in [0.1, 0.15) is 65.7 Å². The van der Waals surface area contributed by atoms with Gasteiger partial charge in [0.05, 0.1) is 7.11 Å². The molecule has 0 saturated heterocycles. The maximum atomic E-state index is 5.47. The first-order valence-electron chi connectivity index (χ1n) is 7.18. The van der Waals surface area contributed by atoms with E-state index in [0.29, 0.717) is 5.41 Å². The molecule has 2 rings (SSSR count). The zero-order valence-corrected chi connectivity index (χ0v) is 12.0. The molecule has 0 atom stereocenters. The van der Waals surface area contributed by atoms with Gasteiger partial charge in [-0.15, -0.1) is 0 Å². The molecule has 1 nitrogen and oxygen atoms in total. The molecule has 0 aromatic carbocycles. The van der Waals surface area contributed by atoms with Crippen molar-refractivity contribution in [3.8, 4) is 0 Å². The summed E-state index contributed by atoms with van der Waals surface area (Å²) in [6, 6.07) is 0. The molecule has 2 aliphatic carbocycles. The van der Waals surface area contributed by atoms with Crippen LogP contribution in [0, 0.1) is 5.41 Å². The fourth-order valence-electron chi connectivity index (χ4n) is 3.29. The van der Waals surface area contributed by atoms with E-state index in [1.165, 1.54) is 44.9 Å². The van der Waals surface area contributed by atoms with Gasteiger partial charge in [-0.2, -0.15) is 0 Å². The van der Waals surface area contributed by atoms with Gasteiger partial charge in [0.25, 0.3) is 0 Å². The Bertz CT molecular complexity index is 280. The van der Waals surface area contributed by atoms with Crippen molar-refractivity contribution >= 4 is 0 Å². The first-order valence-corrected chi connectivity index (χ1v) is 7.18. The van der Waals surface area contributed by atoms with Gasteiger partial charge in [-0.1, -0.05) is 32.8 Å². The highest BCUT2D eigenvalue weighted by Crippen LogP contribution is 2.53. The number of hydrogen-bond acceptors (Lipinski definition) is 1. The zero-order chi connectivity index (χ0) is 12.7. The summed E-state index contributed by atoms with van der Waals surface area (Å²) in [7, 11) is 1.79. The molecular weight excluding hydrogens is 208 g/mol. The number of hydrogen-bond donors (Lipinski definition) is 0. The van der Waals surface area contributed by atoms with Gasteiger partial charge in [0.1, 0.15) is 5.76 Å². The topological polar surface area (TPSA) is 9.23 Å². The summed E-state index contributed by atoms with van der Waals surface area (Å²) in [6.07, 6.45) is 13.9. The van der Waals surface area contributed by atoms with Crippen LogP contribution in [0.3, 0.4) is 0 Å². The molecule has 0 bridgehead atoms. The number of rotatable bonds is 2. The van der Waals surface area contributed by atoms with Crippen molar-refractivity contribution in [2.24, 2.45) is 5.41 Å². The first kappa shape index (κ1) is 14.3. The summed E-state index contributed by atoms with van der Waals surface area (Å²) in [5.41, 5.74) is 2.22. The van der Waals surface area contributed by atoms with Gasteiger partial charge in [-0.3, -0.25) is 0 Å². The summed E-state index contributed by atoms with van der Waals surface area (Å²) < 4.78 is 5.47. The fraction of sp³-hybridized carbons (Fsp3) is 0.750. The van der Waals surface area contributed by atoms with E-state index in [1.54, 1.807) is 12.7 Å². The largest absolute Gasteiger partial charge is 0.497 e. The van der Waals surface area contributed by atoms with Gasteiger partial charge in [0, 0.05) is 0 Å². The molecule has 0 amide bonds. The lowest BCUT2D eigenvalue weighted by Gasteiger charge is -2.21. The second kappa shape index (κ2) is 6.88. The highest BCUT2D eigenvalue weighted by Gasteiger charge is 2.39. The molecule has 0 aliphatic heterocycles. The van der Waals surface area contributed by atoms with Gasteiger partial charge in [0.2, 0.25) is 0 Å². The Hall–Kier alpha value is -0.720. The monoisotopic (exact) mass is 236 g/mol. The summed E-state index contributed by atoms with van der Waals surface area (Å²) in [6.45, 7) is 6.06. The van der Waals surface area contributed by atoms with Crippen LogP contribution in [-0.4, -0.2) is 7.11 Å². The van der Waals surface area contributed by atoms with Crippen molar-refractivity contribution in [3.05, 3.63) is 23.5 Å². The van der Waals surface area contributed by atoms with E-state index >= 15 is 0 Å². The average Bonchev–Trinajstić information content (AvgIpc) is 3.00. The lowest BCUT2D eigenvalue weighted by molar-refractivity contribution is 0.293. The molecule has 0 radical (unpaired) electrons. The van der Waals surface area contributed by atoms with Gasteiger partial charge >= 0.3 is 0 Å². The van der Waals surface area contributed by atoms with Crippen molar-refractivity contribution in [1.29, 1.82) is 0 Å². The van der Waals surface area contributed by atoms with Crippen LogP contribution in [0.15, 0.2) is 23.5 Å². The molecule has 98 valence electrons. The van der Waals surface area contributed by atoms with E-state index in [-0.39, 0.29) is 0 Å². The maximum absolute atomic E-state index is 5.47. The minimum Gasteiger partial charge on any atom is -0.497 e. The molecule has 17 heavy (non-hydrogen) atoms. The fourth-order valence-corrected chi connectivity index (χ4v) is 3.29. The van der Waals surface area contributed by atoms with Gasteiger partial charge < -0.3 is 4.74 Å². The standard InChI is InChI=1S/C14H22O.C2H6/c1-3-6-13(15-2)12-7-10-14(11-12)8-4-5-9-14;1-2/h3,6H,4-5,7-11H2,1-2H3;1-2H3/b6-3-,13-12-;. The van der Waals surface area contributed by atoms with Crippen LogP contribution in [0.25, 0.3) is 0 Å². The predicted octanol–water partition coefficient (Wildman–Crippen LogP) is 5.23. The third-order valence-corrected chi connectivity index (χ3v) is 4.10. The minimum atomic E-state index is 0.667. The molecule has 2 saturated carbocycles. The normalized spacial score (nSPS) is 24.9. The predicted molar refractivity (Wildman–Crippen MR) is 74.9 cm³/mol. The van der Waals surface area contributed by atoms with E-state index in [2.05, 4.69) is 19.1 Å². The lowest BCUT2D eigenvalue weighted by atomic mass is 9.84. The molecule has 1 heteroatoms. The van der Waals surface area contributed by atoms with Crippen LogP contribution >= 0.6 is 0 Å². The third kappa shape index (κ3) is 3.37. The Morgan fingerprint density at radius 1 is 1.18 bits per heavy atom. The molecule has 2 fully saturated rings. The van der Waals surface area contributed by atoms with Crippen LogP contribution in [0.4, 0.5) is 0 Å². The molecule has 2 aliphatic rings. The van der Waals surface area contributed by atoms with Crippen molar-refractivity contribution in [2.45, 2.75) is 65.7 Å². The van der Waals surface area contributed by atoms with Crippen molar-refractivity contribution < 1.29 is 4.74 Å². The second-order valence-corrected chi connectivity index (χ2v) is 5.06. The lowest BCUT2D eigenvalue weighted by Crippen LogP contribution is -2.09. The summed E-state index contributed by atoms with van der Waals surface area (Å²) in [5.74, 6) is 1.13. The van der Waals surface area contributed by atoms with Crippen LogP contribution in [0.5, 0.6) is 0 Å². The summed E-state index contributed by atoms with van der Waals surface area (Å²) in [4.78, 5) is 0. The maximum Gasteiger partial charge on any atom is 0.117 e. The van der Waals surface area contributed by atoms with Gasteiger partial charge in [-0.25, -0.2) is 0 Å². The Morgan fingerprint density at radius 2 is 1.82 bits per heavy atom. The van der Waals surface area contributed by atoms with E-state index in [4.69, 9.17) is 4.74 Å². The molecular formula is C16H28O.